The Bertz CT molecular complexity index is 300. The molecule has 1 saturated heterocycles. The zero-order valence-electron chi connectivity index (χ0n) is 6.38. The summed E-state index contributed by atoms with van der Waals surface area (Å²) in [6.07, 6.45) is 0.395. The summed E-state index contributed by atoms with van der Waals surface area (Å²) in [5.41, 5.74) is -1.05. The van der Waals surface area contributed by atoms with Crippen molar-refractivity contribution in [3.8, 4) is 6.07 Å². The summed E-state index contributed by atoms with van der Waals surface area (Å²) in [6, 6.07) is 1.85. The lowest BCUT2D eigenvalue weighted by Crippen LogP contribution is -2.29. The van der Waals surface area contributed by atoms with Gasteiger partial charge in [-0.1, -0.05) is 0 Å². The van der Waals surface area contributed by atoms with Crippen LogP contribution in [0.2, 0.25) is 0 Å². The molecule has 1 N–H and O–H groups in total. The molecule has 0 aliphatic carbocycles. The molecule has 6 heteroatoms. The van der Waals surface area contributed by atoms with Gasteiger partial charge in [-0.2, -0.15) is 13.7 Å². The number of hydrogen-bond acceptors (Lipinski definition) is 4. The molecular formula is C6H9FN2O2S. The van der Waals surface area contributed by atoms with Gasteiger partial charge in [-0.3, -0.25) is 0 Å². The quantitative estimate of drug-likeness (QED) is 0.614. The average Bonchev–Trinajstić information content (AvgIpc) is 2.34. The van der Waals surface area contributed by atoms with E-state index in [-0.39, 0.29) is 6.54 Å². The van der Waals surface area contributed by atoms with Gasteiger partial charge in [-0.05, 0) is 13.0 Å². The van der Waals surface area contributed by atoms with Crippen LogP contribution in [-0.4, -0.2) is 27.3 Å². The van der Waals surface area contributed by atoms with Gasteiger partial charge in [0.1, 0.15) is 0 Å². The van der Waals surface area contributed by atoms with E-state index in [1.807, 2.05) is 6.07 Å². The summed E-state index contributed by atoms with van der Waals surface area (Å²) in [5.74, 6) is -0.691. The Morgan fingerprint density at radius 2 is 2.33 bits per heavy atom. The van der Waals surface area contributed by atoms with E-state index in [0.717, 1.165) is 0 Å². The van der Waals surface area contributed by atoms with Crippen LogP contribution in [0.25, 0.3) is 0 Å². The van der Waals surface area contributed by atoms with Crippen LogP contribution >= 0.6 is 0 Å². The van der Waals surface area contributed by atoms with Crippen LogP contribution in [0, 0.1) is 16.7 Å². The zero-order valence-corrected chi connectivity index (χ0v) is 7.19. The van der Waals surface area contributed by atoms with Crippen molar-refractivity contribution >= 4 is 10.2 Å². The van der Waals surface area contributed by atoms with Gasteiger partial charge in [0.15, 0.2) is 0 Å². The Morgan fingerprint density at radius 3 is 2.67 bits per heavy atom. The highest BCUT2D eigenvalue weighted by atomic mass is 32.3. The van der Waals surface area contributed by atoms with Crippen LogP contribution in [0.1, 0.15) is 6.42 Å². The molecule has 0 aromatic carbocycles. The second-order valence-corrected chi connectivity index (χ2v) is 4.37. The molecule has 1 atom stereocenters. The second kappa shape index (κ2) is 2.99. The third-order valence-corrected chi connectivity index (χ3v) is 2.83. The Kier molecular flexibility index (Phi) is 2.35. The molecule has 12 heavy (non-hydrogen) atoms. The fraction of sp³-hybridized carbons (Fsp3) is 0.833. The maximum Gasteiger partial charge on any atom is 0.304 e. The van der Waals surface area contributed by atoms with Crippen molar-refractivity contribution in [1.29, 1.82) is 5.26 Å². The topological polar surface area (TPSA) is 70.0 Å². The molecule has 1 unspecified atom stereocenters. The minimum atomic E-state index is -4.54. The van der Waals surface area contributed by atoms with E-state index in [1.165, 1.54) is 0 Å². The van der Waals surface area contributed by atoms with Gasteiger partial charge in [0, 0.05) is 6.54 Å². The van der Waals surface area contributed by atoms with Gasteiger partial charge in [0.05, 0.1) is 17.2 Å². The van der Waals surface area contributed by atoms with Crippen LogP contribution in [0.15, 0.2) is 0 Å². The van der Waals surface area contributed by atoms with Crippen LogP contribution in [-0.2, 0) is 10.2 Å². The highest BCUT2D eigenvalue weighted by Crippen LogP contribution is 2.26. The first-order valence-electron chi connectivity index (χ1n) is 3.52. The van der Waals surface area contributed by atoms with Crippen molar-refractivity contribution < 1.29 is 12.3 Å². The molecule has 0 radical (unpaired) electrons. The van der Waals surface area contributed by atoms with Crippen molar-refractivity contribution in [3.05, 3.63) is 0 Å². The third-order valence-electron chi connectivity index (χ3n) is 1.93. The van der Waals surface area contributed by atoms with E-state index in [2.05, 4.69) is 5.32 Å². The van der Waals surface area contributed by atoms with Gasteiger partial charge in [-0.15, -0.1) is 3.89 Å². The summed E-state index contributed by atoms with van der Waals surface area (Å²) < 4.78 is 32.9. The van der Waals surface area contributed by atoms with Gasteiger partial charge in [-0.25, -0.2) is 0 Å². The summed E-state index contributed by atoms with van der Waals surface area (Å²) >= 11 is 0. The van der Waals surface area contributed by atoms with Crippen molar-refractivity contribution in [2.75, 3.05) is 18.8 Å². The van der Waals surface area contributed by atoms with Crippen molar-refractivity contribution in [3.63, 3.8) is 0 Å². The number of nitrogens with one attached hydrogen (secondary N) is 1. The molecule has 1 rings (SSSR count). The third kappa shape index (κ3) is 2.16. The van der Waals surface area contributed by atoms with E-state index in [4.69, 9.17) is 5.26 Å². The summed E-state index contributed by atoms with van der Waals surface area (Å²) in [5, 5.41) is 11.5. The highest BCUT2D eigenvalue weighted by molar-refractivity contribution is 7.86. The molecule has 0 spiro atoms. The molecule has 1 fully saturated rings. The molecule has 1 heterocycles. The fourth-order valence-corrected chi connectivity index (χ4v) is 2.30. The van der Waals surface area contributed by atoms with Crippen molar-refractivity contribution in [2.24, 2.45) is 5.41 Å². The predicted molar refractivity (Wildman–Crippen MR) is 40.4 cm³/mol. The molecule has 0 aromatic rings. The van der Waals surface area contributed by atoms with Crippen LogP contribution in [0.5, 0.6) is 0 Å². The van der Waals surface area contributed by atoms with Crippen LogP contribution in [0.4, 0.5) is 3.89 Å². The van der Waals surface area contributed by atoms with E-state index >= 15 is 0 Å². The largest absolute Gasteiger partial charge is 0.315 e. The maximum absolute atomic E-state index is 12.3. The molecular weight excluding hydrogens is 183 g/mol. The first-order valence-corrected chi connectivity index (χ1v) is 5.07. The lowest BCUT2D eigenvalue weighted by atomic mass is 9.92. The maximum atomic E-state index is 12.3. The summed E-state index contributed by atoms with van der Waals surface area (Å²) in [4.78, 5) is 0. The number of rotatable bonds is 2. The summed E-state index contributed by atoms with van der Waals surface area (Å²) in [6.45, 7) is 0.829. The average molecular weight is 192 g/mol. The Hall–Kier alpha value is -0.670. The predicted octanol–water partition coefficient (Wildman–Crippen LogP) is -0.211. The Labute approximate surface area is 70.6 Å². The Balaban J connectivity index is 2.77. The van der Waals surface area contributed by atoms with Crippen LogP contribution in [0.3, 0.4) is 0 Å². The molecule has 1 aliphatic heterocycles. The first kappa shape index (κ1) is 9.42. The van der Waals surface area contributed by atoms with E-state index in [1.54, 1.807) is 0 Å². The highest BCUT2D eigenvalue weighted by Gasteiger charge is 2.38. The van der Waals surface area contributed by atoms with Gasteiger partial charge in [0.25, 0.3) is 0 Å². The van der Waals surface area contributed by atoms with Crippen molar-refractivity contribution in [2.45, 2.75) is 6.42 Å². The van der Waals surface area contributed by atoms with Gasteiger partial charge in [0.2, 0.25) is 0 Å². The molecule has 4 nitrogen and oxygen atoms in total. The molecule has 0 bridgehead atoms. The normalized spacial score (nSPS) is 30.0. The molecule has 0 amide bonds. The first-order chi connectivity index (χ1) is 5.47. The monoisotopic (exact) mass is 192 g/mol. The lowest BCUT2D eigenvalue weighted by Gasteiger charge is -2.15. The minimum Gasteiger partial charge on any atom is -0.315 e. The second-order valence-electron chi connectivity index (χ2n) is 3.00. The minimum absolute atomic E-state index is 0.257. The lowest BCUT2D eigenvalue weighted by molar-refractivity contribution is 0.468. The van der Waals surface area contributed by atoms with Gasteiger partial charge < -0.3 is 5.32 Å². The Morgan fingerprint density at radius 1 is 1.67 bits per heavy atom. The standard InChI is InChI=1S/C6H9FN2O2S/c7-12(10,11)5-6(3-8)1-2-9-4-6/h9H,1-2,4-5H2. The molecule has 1 aliphatic rings. The smallest absolute Gasteiger partial charge is 0.304 e. The zero-order chi connectivity index (χ0) is 9.24. The molecule has 68 valence electrons. The number of nitriles is 1. The van der Waals surface area contributed by atoms with Crippen LogP contribution < -0.4 is 5.32 Å². The molecule has 0 saturated carbocycles. The summed E-state index contributed by atoms with van der Waals surface area (Å²) in [7, 11) is -4.54. The van der Waals surface area contributed by atoms with E-state index < -0.39 is 21.4 Å². The van der Waals surface area contributed by atoms with E-state index in [9.17, 15) is 12.3 Å². The number of hydrogen-bond donors (Lipinski definition) is 1. The SMILES string of the molecule is N#CC1(CS(=O)(=O)F)CCNC1. The number of nitrogens with zero attached hydrogens (tertiary/aromatic N) is 1. The van der Waals surface area contributed by atoms with Gasteiger partial charge >= 0.3 is 10.2 Å². The van der Waals surface area contributed by atoms with E-state index in [0.29, 0.717) is 13.0 Å². The molecule has 0 aromatic heterocycles. The van der Waals surface area contributed by atoms with Crippen molar-refractivity contribution in [1.82, 2.24) is 5.32 Å². The fourth-order valence-electron chi connectivity index (χ4n) is 1.32. The number of halogens is 1.